The lowest BCUT2D eigenvalue weighted by Gasteiger charge is -2.37. The Balaban J connectivity index is 1.61. The summed E-state index contributed by atoms with van der Waals surface area (Å²) < 4.78 is 5.84. The first-order valence-electron chi connectivity index (χ1n) is 10.1. The van der Waals surface area contributed by atoms with Gasteiger partial charge in [-0.2, -0.15) is 0 Å². The predicted molar refractivity (Wildman–Crippen MR) is 114 cm³/mol. The molecule has 3 rings (SSSR count). The molecule has 1 atom stereocenters. The minimum Gasteiger partial charge on any atom is -0.492 e. The summed E-state index contributed by atoms with van der Waals surface area (Å²) in [4.78, 5) is 28.5. The molecule has 5 heteroatoms. The van der Waals surface area contributed by atoms with Crippen LogP contribution in [0.3, 0.4) is 0 Å². The number of likely N-dealkylation sites (N-methyl/N-ethyl adjacent to an activating group) is 1. The van der Waals surface area contributed by atoms with Gasteiger partial charge >= 0.3 is 0 Å². The Morgan fingerprint density at radius 1 is 1.14 bits per heavy atom. The maximum atomic E-state index is 12.9. The van der Waals surface area contributed by atoms with Crippen molar-refractivity contribution in [3.63, 3.8) is 0 Å². The number of nitrogens with zero attached hydrogens (tertiary/aromatic N) is 2. The van der Waals surface area contributed by atoms with Crippen LogP contribution in [0.1, 0.15) is 41.6 Å². The Morgan fingerprint density at radius 2 is 1.83 bits per heavy atom. The van der Waals surface area contributed by atoms with Crippen LogP contribution in [0.25, 0.3) is 0 Å². The summed E-state index contributed by atoms with van der Waals surface area (Å²) in [7, 11) is 1.79. The lowest BCUT2D eigenvalue weighted by atomic mass is 9.90. The number of rotatable bonds is 6. The molecule has 0 aliphatic carbocycles. The third-order valence-electron chi connectivity index (χ3n) is 5.50. The third kappa shape index (κ3) is 5.17. The molecule has 1 heterocycles. The summed E-state index contributed by atoms with van der Waals surface area (Å²) >= 11 is 0. The van der Waals surface area contributed by atoms with E-state index in [1.165, 1.54) is 5.56 Å². The fraction of sp³-hybridized carbons (Fsp3) is 0.417. The smallest absolute Gasteiger partial charge is 0.224 e. The molecule has 0 bridgehead atoms. The minimum absolute atomic E-state index is 0.0121. The van der Waals surface area contributed by atoms with Crippen LogP contribution in [0.2, 0.25) is 0 Å². The van der Waals surface area contributed by atoms with E-state index in [1.807, 2.05) is 49.1 Å². The van der Waals surface area contributed by atoms with Crippen molar-refractivity contribution in [1.29, 1.82) is 0 Å². The van der Waals surface area contributed by atoms with Crippen molar-refractivity contribution in [2.75, 3.05) is 26.7 Å². The van der Waals surface area contributed by atoms with E-state index in [4.69, 9.17) is 4.74 Å². The number of benzene rings is 2. The normalized spacial score (nSPS) is 15.6. The molecule has 0 N–H and O–H groups in total. The van der Waals surface area contributed by atoms with Crippen LogP contribution in [0.5, 0.6) is 5.75 Å². The van der Waals surface area contributed by atoms with Crippen molar-refractivity contribution >= 4 is 11.8 Å². The van der Waals surface area contributed by atoms with Crippen LogP contribution < -0.4 is 4.74 Å². The molecule has 0 fully saturated rings. The molecule has 29 heavy (non-hydrogen) atoms. The lowest BCUT2D eigenvalue weighted by Crippen LogP contribution is -2.42. The molecule has 0 radical (unpaired) electrons. The van der Waals surface area contributed by atoms with Gasteiger partial charge in [0.05, 0.1) is 19.0 Å². The van der Waals surface area contributed by atoms with E-state index < -0.39 is 0 Å². The summed E-state index contributed by atoms with van der Waals surface area (Å²) in [5.41, 5.74) is 4.63. The van der Waals surface area contributed by atoms with Gasteiger partial charge in [-0.15, -0.1) is 0 Å². The zero-order valence-corrected chi connectivity index (χ0v) is 17.8. The second-order valence-corrected chi connectivity index (χ2v) is 7.87. The quantitative estimate of drug-likeness (QED) is 0.751. The average Bonchev–Trinajstić information content (AvgIpc) is 2.67. The lowest BCUT2D eigenvalue weighted by molar-refractivity contribution is -0.136. The maximum Gasteiger partial charge on any atom is 0.224 e. The molecule has 1 unspecified atom stereocenters. The topological polar surface area (TPSA) is 49.9 Å². The number of carbonyl (C=O) groups is 2. The largest absolute Gasteiger partial charge is 0.492 e. The Bertz CT molecular complexity index is 873. The Morgan fingerprint density at radius 3 is 2.52 bits per heavy atom. The molecular formula is C24H30N2O3. The maximum absolute atomic E-state index is 12.9. The van der Waals surface area contributed by atoms with E-state index >= 15 is 0 Å². The fourth-order valence-corrected chi connectivity index (χ4v) is 4.01. The highest BCUT2D eigenvalue weighted by Gasteiger charge is 2.31. The number of amides is 2. The van der Waals surface area contributed by atoms with Crippen molar-refractivity contribution in [2.45, 2.75) is 39.7 Å². The zero-order valence-electron chi connectivity index (χ0n) is 17.8. The minimum atomic E-state index is -0.201. The Labute approximate surface area is 173 Å². The molecule has 0 saturated heterocycles. The molecule has 1 aliphatic rings. The van der Waals surface area contributed by atoms with Crippen LogP contribution in [0.15, 0.2) is 42.5 Å². The number of ether oxygens (including phenoxy) is 1. The van der Waals surface area contributed by atoms with Gasteiger partial charge < -0.3 is 14.5 Å². The second kappa shape index (κ2) is 9.12. The summed E-state index contributed by atoms with van der Waals surface area (Å²) in [5.74, 6) is 0.854. The monoisotopic (exact) mass is 394 g/mol. The number of aryl methyl sites for hydroxylation is 2. The number of carbonyl (C=O) groups excluding carboxylic acids is 2. The third-order valence-corrected chi connectivity index (χ3v) is 5.50. The van der Waals surface area contributed by atoms with Gasteiger partial charge in [-0.05, 0) is 54.7 Å². The van der Waals surface area contributed by atoms with E-state index in [0.717, 1.165) is 28.9 Å². The highest BCUT2D eigenvalue weighted by Crippen LogP contribution is 2.32. The van der Waals surface area contributed by atoms with Crippen LogP contribution in [-0.2, 0) is 16.0 Å². The highest BCUT2D eigenvalue weighted by molar-refractivity contribution is 5.79. The van der Waals surface area contributed by atoms with E-state index in [9.17, 15) is 9.59 Å². The number of fused-ring (bicyclic) bond motifs is 1. The van der Waals surface area contributed by atoms with E-state index in [1.54, 1.807) is 18.9 Å². The molecular weight excluding hydrogens is 364 g/mol. The van der Waals surface area contributed by atoms with Crippen molar-refractivity contribution in [3.05, 3.63) is 64.7 Å². The van der Waals surface area contributed by atoms with Gasteiger partial charge in [0.1, 0.15) is 12.4 Å². The molecule has 2 amide bonds. The van der Waals surface area contributed by atoms with Gasteiger partial charge in [-0.25, -0.2) is 0 Å². The first kappa shape index (κ1) is 20.9. The fourth-order valence-electron chi connectivity index (χ4n) is 4.01. The van der Waals surface area contributed by atoms with Gasteiger partial charge in [0.15, 0.2) is 0 Å². The van der Waals surface area contributed by atoms with Gasteiger partial charge in [-0.1, -0.05) is 30.3 Å². The standard InChI is InChI=1S/C24H30N2O3/c1-17-13-18(2)15-21(14-17)29-12-11-25(4)24(28)16-23-22-8-6-5-7-20(22)9-10-26(23)19(3)27/h5-8,13-15,23H,9-12,16H2,1-4H3. The van der Waals surface area contributed by atoms with E-state index in [-0.39, 0.29) is 24.3 Å². The van der Waals surface area contributed by atoms with Gasteiger partial charge in [0, 0.05) is 20.5 Å². The van der Waals surface area contributed by atoms with Crippen LogP contribution in [0, 0.1) is 13.8 Å². The number of hydrogen-bond acceptors (Lipinski definition) is 3. The average molecular weight is 395 g/mol. The van der Waals surface area contributed by atoms with Crippen LogP contribution >= 0.6 is 0 Å². The van der Waals surface area contributed by atoms with Gasteiger partial charge in [0.25, 0.3) is 0 Å². The Kier molecular flexibility index (Phi) is 6.57. The summed E-state index contributed by atoms with van der Waals surface area (Å²) in [6.07, 6.45) is 1.12. The van der Waals surface area contributed by atoms with E-state index in [2.05, 4.69) is 12.1 Å². The highest BCUT2D eigenvalue weighted by atomic mass is 16.5. The van der Waals surface area contributed by atoms with Gasteiger partial charge in [0.2, 0.25) is 11.8 Å². The molecule has 154 valence electrons. The SMILES string of the molecule is CC(=O)N1CCc2ccccc2C1CC(=O)N(C)CCOc1cc(C)cc(C)c1. The molecule has 5 nitrogen and oxygen atoms in total. The summed E-state index contributed by atoms with van der Waals surface area (Å²) in [5, 5.41) is 0. The van der Waals surface area contributed by atoms with E-state index in [0.29, 0.717) is 19.7 Å². The van der Waals surface area contributed by atoms with Crippen molar-refractivity contribution in [3.8, 4) is 5.75 Å². The first-order valence-corrected chi connectivity index (χ1v) is 10.1. The van der Waals surface area contributed by atoms with Crippen LogP contribution in [0.4, 0.5) is 0 Å². The van der Waals surface area contributed by atoms with Crippen molar-refractivity contribution < 1.29 is 14.3 Å². The Hall–Kier alpha value is -2.82. The molecule has 1 aliphatic heterocycles. The predicted octanol–water partition coefficient (Wildman–Crippen LogP) is 3.68. The molecule has 0 saturated carbocycles. The van der Waals surface area contributed by atoms with Crippen molar-refractivity contribution in [1.82, 2.24) is 9.80 Å². The molecule has 2 aromatic carbocycles. The molecule has 0 aromatic heterocycles. The summed E-state index contributed by atoms with van der Waals surface area (Å²) in [6.45, 7) is 7.25. The zero-order chi connectivity index (χ0) is 21.0. The molecule has 0 spiro atoms. The second-order valence-electron chi connectivity index (χ2n) is 7.87. The summed E-state index contributed by atoms with van der Waals surface area (Å²) in [6, 6.07) is 14.0. The molecule has 2 aromatic rings. The van der Waals surface area contributed by atoms with Gasteiger partial charge in [-0.3, -0.25) is 9.59 Å². The number of hydrogen-bond donors (Lipinski definition) is 0. The first-order chi connectivity index (χ1) is 13.8. The van der Waals surface area contributed by atoms with Crippen molar-refractivity contribution in [2.24, 2.45) is 0 Å². The van der Waals surface area contributed by atoms with Crippen LogP contribution in [-0.4, -0.2) is 48.4 Å².